The number of rotatable bonds is 1. The second-order valence-electron chi connectivity index (χ2n) is 5.56. The van der Waals surface area contributed by atoms with Gasteiger partial charge in [0.2, 0.25) is 0 Å². The van der Waals surface area contributed by atoms with Crippen LogP contribution in [0.15, 0.2) is 60.8 Å². The summed E-state index contributed by atoms with van der Waals surface area (Å²) in [6.45, 7) is 0.904. The number of benzene rings is 2. The summed E-state index contributed by atoms with van der Waals surface area (Å²) < 4.78 is 2.24. The quantitative estimate of drug-likeness (QED) is 0.713. The number of halogens is 1. The fourth-order valence-electron chi connectivity index (χ4n) is 3.17. The molecule has 0 aliphatic carbocycles. The first-order valence-electron chi connectivity index (χ1n) is 7.31. The van der Waals surface area contributed by atoms with Crippen molar-refractivity contribution in [2.24, 2.45) is 0 Å². The molecule has 3 aromatic rings. The lowest BCUT2D eigenvalue weighted by Gasteiger charge is -2.15. The molecule has 0 saturated carbocycles. The van der Waals surface area contributed by atoms with E-state index in [1.165, 1.54) is 16.9 Å². The average molecular weight is 312 g/mol. The van der Waals surface area contributed by atoms with Crippen LogP contribution in [-0.2, 0) is 6.54 Å². The first kappa shape index (κ1) is 13.4. The smallest absolute Gasteiger partial charge is 0.153 e. The van der Waals surface area contributed by atoms with Crippen molar-refractivity contribution in [3.63, 3.8) is 0 Å². The Morgan fingerprint density at radius 2 is 1.95 bits per heavy atom. The fraction of sp³-hybridized carbons (Fsp3) is 0.111. The Balaban J connectivity index is 1.86. The van der Waals surface area contributed by atoms with Crippen LogP contribution in [0.4, 0.5) is 0 Å². The van der Waals surface area contributed by atoms with Crippen molar-refractivity contribution in [3.8, 4) is 11.4 Å². The van der Waals surface area contributed by atoms with Crippen molar-refractivity contribution >= 4 is 11.6 Å². The maximum atomic E-state index is 9.65. The van der Waals surface area contributed by atoms with Crippen molar-refractivity contribution in [3.05, 3.63) is 82.6 Å². The molecular weight excluding hydrogens is 296 g/mol. The molecule has 0 bridgehead atoms. The summed E-state index contributed by atoms with van der Waals surface area (Å²) in [7, 11) is 0. The zero-order chi connectivity index (χ0) is 15.1. The van der Waals surface area contributed by atoms with Crippen LogP contribution in [0.1, 0.15) is 22.9 Å². The number of hydrogen-bond acceptors (Lipinski definition) is 1. The monoisotopic (exact) mass is 311 g/mol. The molecule has 2 aromatic carbocycles. The van der Waals surface area contributed by atoms with Crippen molar-refractivity contribution in [1.82, 2.24) is 4.57 Å². The van der Waals surface area contributed by atoms with E-state index in [0.29, 0.717) is 5.02 Å². The maximum Gasteiger partial charge on any atom is 0.153 e. The Hall–Kier alpha value is -2.23. The number of aromatic nitrogens is 1. The lowest BCUT2D eigenvalue weighted by atomic mass is 10.0. The second-order valence-corrected chi connectivity index (χ2v) is 5.97. The van der Waals surface area contributed by atoms with E-state index in [2.05, 4.69) is 52.5 Å². The summed E-state index contributed by atoms with van der Waals surface area (Å²) in [4.78, 5) is 0. The van der Waals surface area contributed by atoms with Gasteiger partial charge >= 0.3 is 0 Å². The minimum atomic E-state index is 0.123. The van der Waals surface area contributed by atoms with Gasteiger partial charge in [0.05, 0.1) is 16.4 Å². The van der Waals surface area contributed by atoms with Crippen molar-refractivity contribution in [1.29, 1.82) is 0 Å². The summed E-state index contributed by atoms with van der Waals surface area (Å²) in [5, 5.41) is 12.3. The molecule has 4 heteroatoms. The van der Waals surface area contributed by atoms with Crippen molar-refractivity contribution in [2.75, 3.05) is 0 Å². The summed E-state index contributed by atoms with van der Waals surface area (Å²) in [5.74, 6) is 0.123. The lowest BCUT2D eigenvalue weighted by molar-refractivity contribution is -0.702. The summed E-state index contributed by atoms with van der Waals surface area (Å²) >= 11 is 6.09. The lowest BCUT2D eigenvalue weighted by Crippen LogP contribution is -2.83. The molecule has 110 valence electrons. The van der Waals surface area contributed by atoms with E-state index in [-0.39, 0.29) is 11.8 Å². The highest BCUT2D eigenvalue weighted by Gasteiger charge is 2.26. The Morgan fingerprint density at radius 1 is 1.09 bits per heavy atom. The van der Waals surface area contributed by atoms with E-state index in [1.54, 1.807) is 6.07 Å². The molecule has 0 unspecified atom stereocenters. The molecule has 0 saturated heterocycles. The van der Waals surface area contributed by atoms with Gasteiger partial charge in [-0.1, -0.05) is 29.8 Å². The molecule has 1 aromatic heterocycles. The third-order valence-corrected chi connectivity index (χ3v) is 4.56. The van der Waals surface area contributed by atoms with Crippen LogP contribution < -0.4 is 5.32 Å². The minimum Gasteiger partial charge on any atom is -0.506 e. The van der Waals surface area contributed by atoms with Gasteiger partial charge in [-0.2, -0.15) is 0 Å². The molecule has 1 atom stereocenters. The van der Waals surface area contributed by atoms with Crippen molar-refractivity contribution < 1.29 is 10.4 Å². The molecule has 3 N–H and O–H groups in total. The Kier molecular flexibility index (Phi) is 3.17. The highest BCUT2D eigenvalue weighted by atomic mass is 35.5. The Labute approximate surface area is 133 Å². The first-order chi connectivity index (χ1) is 10.7. The van der Waals surface area contributed by atoms with Crippen LogP contribution >= 0.6 is 11.6 Å². The number of para-hydroxylation sites is 1. The van der Waals surface area contributed by atoms with E-state index in [0.717, 1.165) is 12.1 Å². The van der Waals surface area contributed by atoms with Crippen LogP contribution in [0.3, 0.4) is 0 Å². The summed E-state index contributed by atoms with van der Waals surface area (Å²) in [6.07, 6.45) is 2.10. The first-order valence-corrected chi connectivity index (χ1v) is 7.69. The number of phenolic OH excluding ortho intramolecular Hbond substituents is 1. The molecule has 0 amide bonds. The van der Waals surface area contributed by atoms with Gasteiger partial charge in [0.25, 0.3) is 0 Å². The van der Waals surface area contributed by atoms with E-state index in [1.807, 2.05) is 12.1 Å². The number of quaternary nitrogens is 1. The average Bonchev–Trinajstić information content (AvgIpc) is 2.95. The zero-order valence-electron chi connectivity index (χ0n) is 11.9. The van der Waals surface area contributed by atoms with Crippen LogP contribution in [0, 0.1) is 0 Å². The summed E-state index contributed by atoms with van der Waals surface area (Å²) in [5.41, 5.74) is 4.85. The van der Waals surface area contributed by atoms with Gasteiger partial charge in [-0.3, -0.25) is 0 Å². The van der Waals surface area contributed by atoms with Crippen LogP contribution in [0.25, 0.3) is 5.69 Å². The normalized spacial score (nSPS) is 16.7. The van der Waals surface area contributed by atoms with E-state index in [4.69, 9.17) is 11.6 Å². The maximum absolute atomic E-state index is 9.65. The molecule has 1 aliphatic heterocycles. The van der Waals surface area contributed by atoms with Gasteiger partial charge < -0.3 is 15.0 Å². The number of aromatic hydroxyl groups is 1. The minimum absolute atomic E-state index is 0.123. The van der Waals surface area contributed by atoms with E-state index >= 15 is 0 Å². The van der Waals surface area contributed by atoms with Gasteiger partial charge in [-0.15, -0.1) is 0 Å². The zero-order valence-corrected chi connectivity index (χ0v) is 12.7. The van der Waals surface area contributed by atoms with E-state index in [9.17, 15) is 5.11 Å². The van der Waals surface area contributed by atoms with E-state index < -0.39 is 0 Å². The SMILES string of the molecule is Oc1ccc([C@H]2[NH2+]Cc3ccccc3-n3cccc32)cc1Cl. The predicted octanol–water partition coefficient (Wildman–Crippen LogP) is 3.00. The van der Waals surface area contributed by atoms with Gasteiger partial charge in [-0.25, -0.2) is 0 Å². The Bertz CT molecular complexity index is 841. The second kappa shape index (κ2) is 5.20. The standard InChI is InChI=1S/C18H15ClN2O/c19-14-10-12(7-8-17(14)22)18-16-6-3-9-21(16)15-5-2-1-4-13(15)11-20-18/h1-10,18,20,22H,11H2/p+1/t18-/m1/s1. The Morgan fingerprint density at radius 3 is 2.82 bits per heavy atom. The van der Waals surface area contributed by atoms with Crippen LogP contribution in [0.5, 0.6) is 5.75 Å². The largest absolute Gasteiger partial charge is 0.506 e. The molecule has 4 rings (SSSR count). The summed E-state index contributed by atoms with van der Waals surface area (Å²) in [6, 6.07) is 18.3. The molecule has 3 nitrogen and oxygen atoms in total. The van der Waals surface area contributed by atoms with Gasteiger partial charge in [-0.05, 0) is 36.4 Å². The highest BCUT2D eigenvalue weighted by Crippen LogP contribution is 2.30. The number of hydrogen-bond donors (Lipinski definition) is 2. The molecule has 0 spiro atoms. The number of nitrogens with zero attached hydrogens (tertiary/aromatic N) is 1. The molecule has 2 heterocycles. The fourth-order valence-corrected chi connectivity index (χ4v) is 3.36. The van der Waals surface area contributed by atoms with Crippen LogP contribution in [0.2, 0.25) is 5.02 Å². The predicted molar refractivity (Wildman–Crippen MR) is 86.4 cm³/mol. The number of fused-ring (bicyclic) bond motifs is 3. The third-order valence-electron chi connectivity index (χ3n) is 4.25. The number of phenols is 1. The topological polar surface area (TPSA) is 41.8 Å². The molecule has 0 fully saturated rings. The number of nitrogens with two attached hydrogens (primary N) is 1. The van der Waals surface area contributed by atoms with Gasteiger partial charge in [0.1, 0.15) is 12.3 Å². The molecule has 22 heavy (non-hydrogen) atoms. The molecule has 0 radical (unpaired) electrons. The molecule has 1 aliphatic rings. The van der Waals surface area contributed by atoms with Gasteiger partial charge in [0, 0.05) is 17.3 Å². The van der Waals surface area contributed by atoms with Crippen molar-refractivity contribution in [2.45, 2.75) is 12.6 Å². The highest BCUT2D eigenvalue weighted by molar-refractivity contribution is 6.32. The molecular formula is C18H16ClN2O+. The third kappa shape index (κ3) is 2.10. The van der Waals surface area contributed by atoms with Gasteiger partial charge in [0.15, 0.2) is 6.04 Å². The van der Waals surface area contributed by atoms with Crippen LogP contribution in [-0.4, -0.2) is 9.67 Å².